The Balaban J connectivity index is 1.20. The number of hydrogen-bond donors (Lipinski definition) is 1. The van der Waals surface area contributed by atoms with Crippen LogP contribution in [0.2, 0.25) is 0 Å². The SMILES string of the molecule is COc1cc(C)ncc1-c1cc(C2=CCCN(C(=O)CCn3ccnn3)C2)c(F)c2[nH]c(C(=O)N3CCN(c4ncc(F)cc4OC)CC3)cc12. The summed E-state index contributed by atoms with van der Waals surface area (Å²) in [5.74, 6) is 0.00678. The van der Waals surface area contributed by atoms with Crippen LogP contribution in [0.1, 0.15) is 34.6 Å². The first kappa shape index (κ1) is 33.6. The van der Waals surface area contributed by atoms with Gasteiger partial charge in [-0.25, -0.2) is 13.8 Å². The van der Waals surface area contributed by atoms with E-state index in [1.54, 1.807) is 52.3 Å². The number of pyridine rings is 2. The number of halogens is 2. The first-order valence-electron chi connectivity index (χ1n) is 16.6. The van der Waals surface area contributed by atoms with Crippen molar-refractivity contribution in [3.8, 4) is 22.6 Å². The Morgan fingerprint density at radius 2 is 1.71 bits per heavy atom. The average molecular weight is 698 g/mol. The Hall–Kier alpha value is -5.86. The van der Waals surface area contributed by atoms with Crippen molar-refractivity contribution >= 4 is 34.1 Å². The summed E-state index contributed by atoms with van der Waals surface area (Å²) in [7, 11) is 3.02. The fourth-order valence-electron chi connectivity index (χ4n) is 6.70. The molecule has 0 radical (unpaired) electrons. The summed E-state index contributed by atoms with van der Waals surface area (Å²) in [6.45, 7) is 4.61. The van der Waals surface area contributed by atoms with Gasteiger partial charge in [0.05, 0.1) is 38.7 Å². The average Bonchev–Trinajstić information content (AvgIpc) is 3.85. The van der Waals surface area contributed by atoms with Crippen molar-refractivity contribution in [2.45, 2.75) is 26.3 Å². The number of anilines is 1. The fraction of sp³-hybridized carbons (Fsp3) is 0.333. The van der Waals surface area contributed by atoms with E-state index in [1.165, 1.54) is 13.2 Å². The lowest BCUT2D eigenvalue weighted by molar-refractivity contribution is -0.131. The second-order valence-corrected chi connectivity index (χ2v) is 12.5. The van der Waals surface area contributed by atoms with Gasteiger partial charge in [0.15, 0.2) is 17.4 Å². The Morgan fingerprint density at radius 1 is 0.902 bits per heavy atom. The highest BCUT2D eigenvalue weighted by molar-refractivity contribution is 6.05. The minimum Gasteiger partial charge on any atom is -0.496 e. The van der Waals surface area contributed by atoms with E-state index in [2.05, 4.69) is 25.3 Å². The standard InChI is InChI=1S/C36H37F2N9O4/c1-22-15-30(50-2)28(20-39-22)26-17-25(23-5-4-8-46(21-23)32(48)6-9-47-10-7-41-43-47)33(38)34-27(26)18-29(42-34)36(49)45-13-11-44(12-14-45)35-31(51-3)16-24(37)19-40-35/h5,7,10,15-20,42H,4,6,8-9,11-14,21H2,1-3H3. The minimum absolute atomic E-state index is 0.0660. The van der Waals surface area contributed by atoms with E-state index in [9.17, 15) is 14.0 Å². The van der Waals surface area contributed by atoms with Crippen LogP contribution in [-0.2, 0) is 11.3 Å². The number of piperazine rings is 1. The van der Waals surface area contributed by atoms with Crippen molar-refractivity contribution in [1.82, 2.24) is 39.7 Å². The highest BCUT2D eigenvalue weighted by atomic mass is 19.1. The van der Waals surface area contributed by atoms with Gasteiger partial charge < -0.3 is 29.2 Å². The summed E-state index contributed by atoms with van der Waals surface area (Å²) >= 11 is 0. The third-order valence-corrected chi connectivity index (χ3v) is 9.36. The lowest BCUT2D eigenvalue weighted by Gasteiger charge is -2.35. The van der Waals surface area contributed by atoms with Crippen LogP contribution in [0.25, 0.3) is 27.6 Å². The number of hydrogen-bond acceptors (Lipinski definition) is 9. The molecule has 51 heavy (non-hydrogen) atoms. The maximum atomic E-state index is 16.7. The van der Waals surface area contributed by atoms with Crippen molar-refractivity contribution in [2.24, 2.45) is 0 Å². The van der Waals surface area contributed by atoms with Gasteiger partial charge in [-0.3, -0.25) is 19.3 Å². The van der Waals surface area contributed by atoms with E-state index >= 15 is 4.39 Å². The zero-order valence-corrected chi connectivity index (χ0v) is 28.5. The number of aromatic nitrogens is 6. The van der Waals surface area contributed by atoms with E-state index in [-0.39, 0.29) is 36.0 Å². The first-order chi connectivity index (χ1) is 24.7. The van der Waals surface area contributed by atoms with Crippen molar-refractivity contribution < 1.29 is 27.8 Å². The molecule has 6 heterocycles. The predicted octanol–water partition coefficient (Wildman–Crippen LogP) is 4.49. The molecular formula is C36H37F2N9O4. The minimum atomic E-state index is -0.519. The maximum Gasteiger partial charge on any atom is 0.270 e. The van der Waals surface area contributed by atoms with Crippen molar-refractivity contribution in [2.75, 3.05) is 58.4 Å². The number of fused-ring (bicyclic) bond motifs is 1. The van der Waals surface area contributed by atoms with Crippen LogP contribution in [0.3, 0.4) is 0 Å². The topological polar surface area (TPSA) is 135 Å². The Kier molecular flexibility index (Phi) is 9.34. The number of rotatable bonds is 9. The summed E-state index contributed by atoms with van der Waals surface area (Å²) in [6.07, 6.45) is 8.84. The van der Waals surface area contributed by atoms with Crippen LogP contribution < -0.4 is 14.4 Å². The number of H-pyrrole nitrogens is 1. The van der Waals surface area contributed by atoms with Gasteiger partial charge in [0.2, 0.25) is 5.91 Å². The van der Waals surface area contributed by atoms with Gasteiger partial charge in [-0.2, -0.15) is 0 Å². The van der Waals surface area contributed by atoms with E-state index in [4.69, 9.17) is 9.47 Å². The monoisotopic (exact) mass is 697 g/mol. The quantitative estimate of drug-likeness (QED) is 0.237. The van der Waals surface area contributed by atoms with Crippen LogP contribution in [0.5, 0.6) is 11.5 Å². The number of benzene rings is 1. The number of amides is 2. The Morgan fingerprint density at radius 3 is 2.45 bits per heavy atom. The molecule has 2 aliphatic rings. The van der Waals surface area contributed by atoms with Gasteiger partial charge in [0, 0.05) is 92.4 Å². The van der Waals surface area contributed by atoms with Crippen LogP contribution in [-0.4, -0.2) is 105 Å². The van der Waals surface area contributed by atoms with Crippen molar-refractivity contribution in [3.05, 3.63) is 83.7 Å². The summed E-state index contributed by atoms with van der Waals surface area (Å²) < 4.78 is 43.1. The Bertz CT molecular complexity index is 2120. The number of carbonyl (C=O) groups is 2. The Labute approximate surface area is 292 Å². The van der Waals surface area contributed by atoms with Crippen molar-refractivity contribution in [3.63, 3.8) is 0 Å². The third-order valence-electron chi connectivity index (χ3n) is 9.36. The summed E-state index contributed by atoms with van der Waals surface area (Å²) in [5.41, 5.74) is 3.41. The number of carbonyl (C=O) groups excluding carboxylic acids is 2. The molecule has 2 aliphatic heterocycles. The molecule has 1 aromatic carbocycles. The summed E-state index contributed by atoms with van der Waals surface area (Å²) in [5, 5.41) is 8.22. The van der Waals surface area contributed by atoms with E-state index < -0.39 is 11.6 Å². The van der Waals surface area contributed by atoms with Gasteiger partial charge in [-0.15, -0.1) is 5.10 Å². The molecule has 0 spiro atoms. The lowest BCUT2D eigenvalue weighted by atomic mass is 9.93. The highest BCUT2D eigenvalue weighted by Gasteiger charge is 2.29. The van der Waals surface area contributed by atoms with Gasteiger partial charge in [0.1, 0.15) is 17.3 Å². The number of methoxy groups -OCH3 is 2. The molecule has 13 nitrogen and oxygen atoms in total. The van der Waals surface area contributed by atoms with E-state index in [1.807, 2.05) is 24.0 Å². The smallest absolute Gasteiger partial charge is 0.270 e. The second kappa shape index (κ2) is 14.2. The normalized spacial score (nSPS) is 14.9. The maximum absolute atomic E-state index is 16.7. The molecule has 264 valence electrons. The molecule has 0 aliphatic carbocycles. The predicted molar refractivity (Wildman–Crippen MR) is 185 cm³/mol. The molecule has 1 fully saturated rings. The third kappa shape index (κ3) is 6.70. The number of ether oxygens (including phenoxy) is 2. The van der Waals surface area contributed by atoms with Gasteiger partial charge in [-0.05, 0) is 36.6 Å². The number of nitrogens with zero attached hydrogens (tertiary/aromatic N) is 8. The molecule has 0 bridgehead atoms. The molecule has 4 aromatic heterocycles. The van der Waals surface area contributed by atoms with Crippen LogP contribution in [0.15, 0.2) is 55.1 Å². The van der Waals surface area contributed by atoms with Gasteiger partial charge >= 0.3 is 0 Å². The van der Waals surface area contributed by atoms with Gasteiger partial charge in [-0.1, -0.05) is 11.3 Å². The molecule has 7 rings (SSSR count). The van der Waals surface area contributed by atoms with Crippen LogP contribution >= 0.6 is 0 Å². The first-order valence-corrected chi connectivity index (χ1v) is 16.6. The second-order valence-electron chi connectivity index (χ2n) is 12.5. The molecule has 2 amide bonds. The molecule has 1 N–H and O–H groups in total. The molecule has 0 unspecified atom stereocenters. The zero-order chi connectivity index (χ0) is 35.6. The molecular weight excluding hydrogens is 660 g/mol. The summed E-state index contributed by atoms with van der Waals surface area (Å²) in [4.78, 5) is 44.3. The number of nitrogens with one attached hydrogen (secondary N) is 1. The van der Waals surface area contributed by atoms with Crippen LogP contribution in [0, 0.1) is 18.6 Å². The van der Waals surface area contributed by atoms with Crippen LogP contribution in [0.4, 0.5) is 14.6 Å². The highest BCUT2D eigenvalue weighted by Crippen LogP contribution is 2.40. The molecule has 0 saturated carbocycles. The lowest BCUT2D eigenvalue weighted by Crippen LogP contribution is -2.49. The van der Waals surface area contributed by atoms with E-state index in [0.29, 0.717) is 90.7 Å². The molecule has 0 atom stereocenters. The molecule has 1 saturated heterocycles. The molecule has 5 aromatic rings. The number of aromatic amines is 1. The van der Waals surface area contributed by atoms with E-state index in [0.717, 1.165) is 11.9 Å². The largest absolute Gasteiger partial charge is 0.496 e. The van der Waals surface area contributed by atoms with Gasteiger partial charge in [0.25, 0.3) is 5.91 Å². The fourth-order valence-corrected chi connectivity index (χ4v) is 6.70. The number of aryl methyl sites for hydroxylation is 2. The summed E-state index contributed by atoms with van der Waals surface area (Å²) in [6, 6.07) is 6.52. The zero-order valence-electron chi connectivity index (χ0n) is 28.5. The molecule has 15 heteroatoms. The van der Waals surface area contributed by atoms with Crippen molar-refractivity contribution in [1.29, 1.82) is 0 Å².